The summed E-state index contributed by atoms with van der Waals surface area (Å²) in [4.78, 5) is 17.4. The molecule has 0 saturated carbocycles. The van der Waals surface area contributed by atoms with E-state index < -0.39 is 0 Å². The number of nitrogens with one attached hydrogen (secondary N) is 1. The summed E-state index contributed by atoms with van der Waals surface area (Å²) >= 11 is 0. The number of aromatic amines is 1. The van der Waals surface area contributed by atoms with E-state index in [1.165, 1.54) is 11.1 Å². The molecule has 6 nitrogen and oxygen atoms in total. The first-order valence-electron chi connectivity index (χ1n) is 11.2. The predicted octanol–water partition coefficient (Wildman–Crippen LogP) is 4.38. The van der Waals surface area contributed by atoms with Gasteiger partial charge in [-0.3, -0.25) is 14.8 Å². The molecule has 1 aliphatic heterocycles. The summed E-state index contributed by atoms with van der Waals surface area (Å²) in [5.41, 5.74) is 5.19. The van der Waals surface area contributed by atoms with Gasteiger partial charge in [-0.05, 0) is 37.9 Å². The van der Waals surface area contributed by atoms with Gasteiger partial charge in [-0.15, -0.1) is 0 Å². The molecule has 0 radical (unpaired) electrons. The molecule has 0 unspecified atom stereocenters. The Kier molecular flexibility index (Phi) is 6.90. The summed E-state index contributed by atoms with van der Waals surface area (Å²) in [7, 11) is 3.57. The fraction of sp³-hybridized carbons (Fsp3) is 0.385. The molecule has 1 N–H and O–H groups in total. The lowest BCUT2D eigenvalue weighted by Crippen LogP contribution is -2.35. The van der Waals surface area contributed by atoms with Gasteiger partial charge in [0.2, 0.25) is 0 Å². The summed E-state index contributed by atoms with van der Waals surface area (Å²) in [5.74, 6) is 1.19. The van der Waals surface area contributed by atoms with Gasteiger partial charge in [0.1, 0.15) is 5.75 Å². The SMILES string of the molecule is COc1ccc(C)cc1CN1CCC[C@H](c2[nH]ncc2C(=O)N(C)Cc2ccccc2)C1. The highest BCUT2D eigenvalue weighted by Gasteiger charge is 2.28. The fourth-order valence-corrected chi connectivity index (χ4v) is 4.62. The van der Waals surface area contributed by atoms with Gasteiger partial charge in [0.05, 0.1) is 24.6 Å². The van der Waals surface area contributed by atoms with E-state index in [-0.39, 0.29) is 11.8 Å². The van der Waals surface area contributed by atoms with Gasteiger partial charge >= 0.3 is 0 Å². The molecule has 3 aromatic rings. The number of hydrogen-bond donors (Lipinski definition) is 1. The number of hydrogen-bond acceptors (Lipinski definition) is 4. The largest absolute Gasteiger partial charge is 0.496 e. The van der Waals surface area contributed by atoms with Gasteiger partial charge in [0.15, 0.2) is 0 Å². The van der Waals surface area contributed by atoms with Crippen LogP contribution in [0.1, 0.15) is 51.5 Å². The molecule has 1 saturated heterocycles. The molecular weight excluding hydrogens is 400 g/mol. The summed E-state index contributed by atoms with van der Waals surface area (Å²) in [5, 5.41) is 7.39. The van der Waals surface area contributed by atoms with Gasteiger partial charge in [0, 0.05) is 38.2 Å². The Bertz CT molecular complexity index is 1050. The first-order chi connectivity index (χ1) is 15.5. The molecule has 168 valence electrons. The van der Waals surface area contributed by atoms with Gasteiger partial charge < -0.3 is 9.64 Å². The highest BCUT2D eigenvalue weighted by atomic mass is 16.5. The zero-order valence-electron chi connectivity index (χ0n) is 19.2. The van der Waals surface area contributed by atoms with Crippen LogP contribution < -0.4 is 4.74 Å². The van der Waals surface area contributed by atoms with E-state index in [9.17, 15) is 4.79 Å². The van der Waals surface area contributed by atoms with Crippen LogP contribution >= 0.6 is 0 Å². The molecule has 1 amide bonds. The molecule has 0 bridgehead atoms. The predicted molar refractivity (Wildman–Crippen MR) is 126 cm³/mol. The Balaban J connectivity index is 1.46. The summed E-state index contributed by atoms with van der Waals surface area (Å²) in [6, 6.07) is 16.4. The Morgan fingerprint density at radius 1 is 1.25 bits per heavy atom. The van der Waals surface area contributed by atoms with E-state index in [1.807, 2.05) is 43.4 Å². The quantitative estimate of drug-likeness (QED) is 0.602. The number of benzene rings is 2. The summed E-state index contributed by atoms with van der Waals surface area (Å²) in [6.45, 7) is 5.46. The second-order valence-corrected chi connectivity index (χ2v) is 8.73. The van der Waals surface area contributed by atoms with Gasteiger partial charge in [0.25, 0.3) is 5.91 Å². The summed E-state index contributed by atoms with van der Waals surface area (Å²) in [6.07, 6.45) is 3.82. The van der Waals surface area contributed by atoms with E-state index in [0.717, 1.165) is 49.5 Å². The minimum Gasteiger partial charge on any atom is -0.496 e. The van der Waals surface area contributed by atoms with Crippen molar-refractivity contribution in [3.05, 3.63) is 82.7 Å². The van der Waals surface area contributed by atoms with E-state index in [0.29, 0.717) is 12.1 Å². The minimum absolute atomic E-state index is 0.00933. The Morgan fingerprint density at radius 3 is 2.84 bits per heavy atom. The van der Waals surface area contributed by atoms with Crippen LogP contribution in [0.4, 0.5) is 0 Å². The van der Waals surface area contributed by atoms with Crippen molar-refractivity contribution >= 4 is 5.91 Å². The second kappa shape index (κ2) is 10.0. The number of methoxy groups -OCH3 is 1. The number of rotatable bonds is 7. The molecule has 32 heavy (non-hydrogen) atoms. The van der Waals surface area contributed by atoms with Crippen molar-refractivity contribution in [2.24, 2.45) is 0 Å². The van der Waals surface area contributed by atoms with Crippen molar-refractivity contribution in [2.75, 3.05) is 27.2 Å². The third-order valence-electron chi connectivity index (χ3n) is 6.25. The topological polar surface area (TPSA) is 61.5 Å². The molecule has 4 rings (SSSR count). The van der Waals surface area contributed by atoms with E-state index in [1.54, 1.807) is 18.2 Å². The van der Waals surface area contributed by atoms with Crippen LogP contribution in [0.5, 0.6) is 5.75 Å². The maximum Gasteiger partial charge on any atom is 0.257 e. The molecule has 2 aromatic carbocycles. The van der Waals surface area contributed by atoms with Gasteiger partial charge in [-0.2, -0.15) is 5.10 Å². The average Bonchev–Trinajstić information content (AvgIpc) is 3.29. The number of carbonyl (C=O) groups is 1. The zero-order valence-corrected chi connectivity index (χ0v) is 19.2. The monoisotopic (exact) mass is 432 g/mol. The molecular formula is C26H32N4O2. The Morgan fingerprint density at radius 2 is 2.06 bits per heavy atom. The second-order valence-electron chi connectivity index (χ2n) is 8.73. The maximum absolute atomic E-state index is 13.2. The smallest absolute Gasteiger partial charge is 0.257 e. The molecule has 1 atom stereocenters. The number of piperidine rings is 1. The van der Waals surface area contributed by atoms with Crippen molar-refractivity contribution in [1.82, 2.24) is 20.0 Å². The van der Waals surface area contributed by atoms with Crippen molar-refractivity contribution in [1.29, 1.82) is 0 Å². The Hall–Kier alpha value is -3.12. The number of aryl methyl sites for hydroxylation is 1. The average molecular weight is 433 g/mol. The zero-order chi connectivity index (χ0) is 22.5. The van der Waals surface area contributed by atoms with Gasteiger partial charge in [-0.25, -0.2) is 0 Å². The molecule has 1 fully saturated rings. The molecule has 1 aliphatic rings. The number of amides is 1. The Labute approximate surface area is 190 Å². The van der Waals surface area contributed by atoms with Crippen LogP contribution in [0, 0.1) is 6.92 Å². The van der Waals surface area contributed by atoms with E-state index in [4.69, 9.17) is 4.74 Å². The van der Waals surface area contributed by atoms with E-state index >= 15 is 0 Å². The lowest BCUT2D eigenvalue weighted by Gasteiger charge is -2.33. The minimum atomic E-state index is 0.00933. The van der Waals surface area contributed by atoms with Crippen LogP contribution in [0.3, 0.4) is 0 Å². The third-order valence-corrected chi connectivity index (χ3v) is 6.25. The lowest BCUT2D eigenvalue weighted by atomic mass is 9.92. The van der Waals surface area contributed by atoms with Gasteiger partial charge in [-0.1, -0.05) is 48.0 Å². The highest BCUT2D eigenvalue weighted by Crippen LogP contribution is 2.30. The van der Waals surface area contributed by atoms with Crippen LogP contribution in [-0.2, 0) is 13.1 Å². The third kappa shape index (κ3) is 5.02. The molecule has 1 aromatic heterocycles. The van der Waals surface area contributed by atoms with Crippen LogP contribution in [0.15, 0.2) is 54.7 Å². The van der Waals surface area contributed by atoms with Crippen molar-refractivity contribution in [3.8, 4) is 5.75 Å². The van der Waals surface area contributed by atoms with Crippen LogP contribution in [-0.4, -0.2) is 53.2 Å². The maximum atomic E-state index is 13.2. The highest BCUT2D eigenvalue weighted by molar-refractivity contribution is 5.95. The van der Waals surface area contributed by atoms with E-state index in [2.05, 4.69) is 34.2 Å². The van der Waals surface area contributed by atoms with Crippen LogP contribution in [0.25, 0.3) is 0 Å². The van der Waals surface area contributed by atoms with Crippen molar-refractivity contribution in [3.63, 3.8) is 0 Å². The first-order valence-corrected chi connectivity index (χ1v) is 11.2. The normalized spacial score (nSPS) is 16.7. The number of likely N-dealkylation sites (tertiary alicyclic amines) is 1. The molecule has 0 spiro atoms. The number of ether oxygens (including phenoxy) is 1. The lowest BCUT2D eigenvalue weighted by molar-refractivity contribution is 0.0782. The fourth-order valence-electron chi connectivity index (χ4n) is 4.62. The van der Waals surface area contributed by atoms with Crippen molar-refractivity contribution in [2.45, 2.75) is 38.8 Å². The number of aromatic nitrogens is 2. The summed E-state index contributed by atoms with van der Waals surface area (Å²) < 4.78 is 5.57. The van der Waals surface area contributed by atoms with Crippen molar-refractivity contribution < 1.29 is 9.53 Å². The van der Waals surface area contributed by atoms with Crippen LogP contribution in [0.2, 0.25) is 0 Å². The number of nitrogens with zero attached hydrogens (tertiary/aromatic N) is 3. The first kappa shape index (κ1) is 22.1. The molecule has 2 heterocycles. The number of H-pyrrole nitrogens is 1. The molecule has 6 heteroatoms. The number of carbonyl (C=O) groups excluding carboxylic acids is 1. The standard InChI is InChI=1S/C26H32N4O2/c1-19-11-12-24(32-3)22(14-19)18-30-13-7-10-21(17-30)25-23(15-27-28-25)26(31)29(2)16-20-8-5-4-6-9-20/h4-6,8-9,11-12,14-15,21H,7,10,13,16-18H2,1-3H3,(H,27,28)/t21-/m0/s1. The molecule has 0 aliphatic carbocycles.